The van der Waals surface area contributed by atoms with Crippen LogP contribution in [0.3, 0.4) is 0 Å². The Morgan fingerprint density at radius 1 is 0.435 bits per heavy atom. The number of nitrogens with zero attached hydrogens (tertiary/aromatic N) is 3. The first-order chi connectivity index (χ1) is 30.7. The Balaban J connectivity index is 1.06. The van der Waals surface area contributed by atoms with Gasteiger partial charge in [0.1, 0.15) is 11.2 Å². The van der Waals surface area contributed by atoms with E-state index in [4.69, 9.17) is 14.4 Å². The fourth-order valence-corrected chi connectivity index (χ4v) is 10.6. The van der Waals surface area contributed by atoms with E-state index in [1.54, 1.807) is 0 Å². The molecule has 288 valence electrons. The lowest BCUT2D eigenvalue weighted by atomic mass is 9.91. The maximum atomic E-state index is 6.23. The molecule has 2 aliphatic carbocycles. The highest BCUT2D eigenvalue weighted by molar-refractivity contribution is 6.29. The Labute approximate surface area is 356 Å². The molecule has 4 nitrogen and oxygen atoms in total. The Hall–Kier alpha value is -8.08. The summed E-state index contributed by atoms with van der Waals surface area (Å²) in [6.45, 7) is 0. The number of rotatable bonds is 4. The summed E-state index contributed by atoms with van der Waals surface area (Å²) in [4.78, 5) is 11.2. The number of hydrogen-bond donors (Lipinski definition) is 0. The number of allylic oxidation sites excluding steroid dienone is 1. The minimum Gasteiger partial charge on any atom is -0.456 e. The van der Waals surface area contributed by atoms with Crippen molar-refractivity contribution in [1.29, 1.82) is 0 Å². The van der Waals surface area contributed by atoms with Gasteiger partial charge in [-0.15, -0.1) is 0 Å². The van der Waals surface area contributed by atoms with E-state index >= 15 is 0 Å². The summed E-state index contributed by atoms with van der Waals surface area (Å²) in [7, 11) is 0. The zero-order valence-electron chi connectivity index (χ0n) is 33.6. The van der Waals surface area contributed by atoms with Crippen LogP contribution in [0.5, 0.6) is 0 Å². The third kappa shape index (κ3) is 4.77. The van der Waals surface area contributed by atoms with Gasteiger partial charge in [-0.1, -0.05) is 146 Å². The molecule has 0 N–H and O–H groups in total. The molecule has 0 unspecified atom stereocenters. The molecule has 0 saturated carbocycles. The summed E-state index contributed by atoms with van der Waals surface area (Å²) in [6, 6.07) is 63.7. The van der Waals surface area contributed by atoms with Crippen LogP contribution in [0.15, 0.2) is 186 Å². The second-order valence-electron chi connectivity index (χ2n) is 16.8. The monoisotopic (exact) mass is 789 g/mol. The normalized spacial score (nSPS) is 13.0. The third-order valence-corrected chi connectivity index (χ3v) is 13.4. The Morgan fingerprint density at radius 2 is 1.13 bits per heavy atom. The van der Waals surface area contributed by atoms with Crippen LogP contribution in [0.4, 0.5) is 0 Å². The van der Waals surface area contributed by atoms with Crippen LogP contribution in [-0.2, 0) is 6.42 Å². The quantitative estimate of drug-likeness (QED) is 0.178. The van der Waals surface area contributed by atoms with E-state index in [-0.39, 0.29) is 0 Å². The fraction of sp³-hybridized carbons (Fsp3) is 0.0345. The summed E-state index contributed by atoms with van der Waals surface area (Å²) in [5.74, 6) is 0.666. The van der Waals surface area contributed by atoms with Crippen LogP contribution in [0.2, 0.25) is 0 Å². The van der Waals surface area contributed by atoms with E-state index in [1.165, 1.54) is 66.1 Å². The van der Waals surface area contributed by atoms with Crippen LogP contribution in [0, 0.1) is 0 Å². The van der Waals surface area contributed by atoms with Gasteiger partial charge in [-0.05, 0) is 122 Å². The number of hydrogen-bond acceptors (Lipinski definition) is 3. The first-order valence-electron chi connectivity index (χ1n) is 21.5. The third-order valence-electron chi connectivity index (χ3n) is 13.4. The molecule has 0 spiro atoms. The molecule has 2 aliphatic rings. The van der Waals surface area contributed by atoms with E-state index in [0.29, 0.717) is 5.95 Å². The van der Waals surface area contributed by atoms with Crippen molar-refractivity contribution >= 4 is 71.5 Å². The zero-order chi connectivity index (χ0) is 40.5. The van der Waals surface area contributed by atoms with Crippen molar-refractivity contribution in [1.82, 2.24) is 14.5 Å². The molecule has 0 amide bonds. The highest BCUT2D eigenvalue weighted by Crippen LogP contribution is 2.51. The van der Waals surface area contributed by atoms with Gasteiger partial charge >= 0.3 is 0 Å². The van der Waals surface area contributed by atoms with Gasteiger partial charge in [0.2, 0.25) is 5.95 Å². The molecule has 3 aromatic heterocycles. The average Bonchev–Trinajstić information content (AvgIpc) is 3.99. The smallest absolute Gasteiger partial charge is 0.235 e. The predicted octanol–water partition coefficient (Wildman–Crippen LogP) is 15.4. The number of para-hydroxylation sites is 1. The fourth-order valence-electron chi connectivity index (χ4n) is 10.6. The largest absolute Gasteiger partial charge is 0.456 e. The van der Waals surface area contributed by atoms with Gasteiger partial charge in [-0.2, -0.15) is 0 Å². The van der Waals surface area contributed by atoms with Crippen molar-refractivity contribution in [3.63, 3.8) is 0 Å². The van der Waals surface area contributed by atoms with Gasteiger partial charge in [0.15, 0.2) is 0 Å². The molecule has 0 radical (unpaired) electrons. The SMILES string of the molecule is C1=Cc2ccc3nc(-n4c5ccc(-c6ccc7oc8ccccc8c7c6)cc5c5c6cccc7c6c(cc54)-c4ccccc4-7)nc(-c4ccc(-c5ccccc5)cc4)c3c2CC1. The van der Waals surface area contributed by atoms with Crippen molar-refractivity contribution in [2.75, 3.05) is 0 Å². The van der Waals surface area contributed by atoms with Crippen molar-refractivity contribution in [2.45, 2.75) is 12.8 Å². The lowest BCUT2D eigenvalue weighted by Gasteiger charge is -2.18. The van der Waals surface area contributed by atoms with Crippen molar-refractivity contribution in [3.05, 3.63) is 193 Å². The minimum absolute atomic E-state index is 0.666. The van der Waals surface area contributed by atoms with E-state index in [9.17, 15) is 0 Å². The van der Waals surface area contributed by atoms with Gasteiger partial charge in [-0.3, -0.25) is 4.57 Å². The average molecular weight is 790 g/mol. The topological polar surface area (TPSA) is 43.9 Å². The number of aryl methyl sites for hydroxylation is 1. The molecule has 0 aliphatic heterocycles. The molecular weight excluding hydrogens is 755 g/mol. The predicted molar refractivity (Wildman–Crippen MR) is 257 cm³/mol. The zero-order valence-corrected chi connectivity index (χ0v) is 33.6. The van der Waals surface area contributed by atoms with Crippen molar-refractivity contribution in [2.24, 2.45) is 0 Å². The summed E-state index contributed by atoms with van der Waals surface area (Å²) in [5.41, 5.74) is 19.3. The summed E-state index contributed by atoms with van der Waals surface area (Å²) < 4.78 is 8.56. The summed E-state index contributed by atoms with van der Waals surface area (Å²) in [5, 5.41) is 8.30. The highest BCUT2D eigenvalue weighted by Gasteiger charge is 2.27. The van der Waals surface area contributed by atoms with Crippen LogP contribution in [-0.4, -0.2) is 14.5 Å². The maximum absolute atomic E-state index is 6.23. The second-order valence-corrected chi connectivity index (χ2v) is 16.8. The van der Waals surface area contributed by atoms with Gasteiger partial charge < -0.3 is 4.42 Å². The highest BCUT2D eigenvalue weighted by atomic mass is 16.3. The van der Waals surface area contributed by atoms with E-state index < -0.39 is 0 Å². The number of fused-ring (bicyclic) bond motifs is 13. The van der Waals surface area contributed by atoms with Crippen LogP contribution in [0.25, 0.3) is 133 Å². The molecule has 62 heavy (non-hydrogen) atoms. The number of furan rings is 1. The summed E-state index contributed by atoms with van der Waals surface area (Å²) in [6.07, 6.45) is 6.48. The van der Waals surface area contributed by atoms with E-state index in [0.717, 1.165) is 79.1 Å². The van der Waals surface area contributed by atoms with E-state index in [1.807, 2.05) is 12.1 Å². The molecule has 12 aromatic rings. The minimum atomic E-state index is 0.666. The lowest BCUT2D eigenvalue weighted by Crippen LogP contribution is -2.06. The van der Waals surface area contributed by atoms with Crippen LogP contribution >= 0.6 is 0 Å². The number of aromatic nitrogens is 3. The van der Waals surface area contributed by atoms with Gasteiger partial charge in [0.05, 0.1) is 22.2 Å². The standard InChI is InChI=1S/C58H35N3O/c1-2-11-34(12-3-1)35-21-23-37(24-22-35)57-56-40-14-5-4-13-36(40)25-28-49(56)59-58(60-57)61-50-29-26-38(39-27-30-53-46(31-39)43-17-8-9-20-52(43)62-53)32-48(50)55-45-19-10-18-44-41-15-6-7-16-42(41)47(54(44)45)33-51(55)61/h1-4,6-13,15-33H,5,14H2. The molecule has 14 rings (SSSR count). The van der Waals surface area contributed by atoms with Crippen molar-refractivity contribution in [3.8, 4) is 61.7 Å². The maximum Gasteiger partial charge on any atom is 0.235 e. The number of benzene rings is 9. The van der Waals surface area contributed by atoms with Crippen molar-refractivity contribution < 1.29 is 4.42 Å². The molecule has 0 atom stereocenters. The first-order valence-corrected chi connectivity index (χ1v) is 21.5. The van der Waals surface area contributed by atoms with Gasteiger partial charge in [-0.25, -0.2) is 9.97 Å². The van der Waals surface area contributed by atoms with Gasteiger partial charge in [0, 0.05) is 32.5 Å². The molecule has 3 heterocycles. The second kappa shape index (κ2) is 12.7. The Morgan fingerprint density at radius 3 is 2.02 bits per heavy atom. The lowest BCUT2D eigenvalue weighted by molar-refractivity contribution is 0.669. The molecule has 0 saturated heterocycles. The van der Waals surface area contributed by atoms with Crippen LogP contribution < -0.4 is 0 Å². The molecule has 4 heteroatoms. The molecular formula is C58H35N3O. The molecule has 9 aromatic carbocycles. The first kappa shape index (κ1) is 33.7. The molecule has 0 bridgehead atoms. The Bertz CT molecular complexity index is 3910. The molecule has 0 fully saturated rings. The summed E-state index contributed by atoms with van der Waals surface area (Å²) >= 11 is 0. The van der Waals surface area contributed by atoms with Gasteiger partial charge in [0.25, 0.3) is 0 Å². The Kier molecular flexibility index (Phi) is 6.92. The van der Waals surface area contributed by atoms with Crippen LogP contribution in [0.1, 0.15) is 17.5 Å². The van der Waals surface area contributed by atoms with E-state index in [2.05, 4.69) is 181 Å².